The molecule has 0 aliphatic heterocycles. The van der Waals surface area contributed by atoms with Gasteiger partial charge in [0.15, 0.2) is 0 Å². The number of hydrogen-bond donors (Lipinski definition) is 2. The predicted octanol–water partition coefficient (Wildman–Crippen LogP) is 2.07. The molecule has 114 valence electrons. The van der Waals surface area contributed by atoms with Gasteiger partial charge in [-0.25, -0.2) is 4.68 Å². The van der Waals surface area contributed by atoms with Gasteiger partial charge in [0, 0.05) is 23.8 Å². The lowest BCUT2D eigenvalue weighted by Gasteiger charge is -2.18. The van der Waals surface area contributed by atoms with E-state index in [0.29, 0.717) is 12.1 Å². The van der Waals surface area contributed by atoms with Gasteiger partial charge in [0.2, 0.25) is 0 Å². The topological polar surface area (TPSA) is 72.9 Å². The Hall–Kier alpha value is -1.85. The van der Waals surface area contributed by atoms with Crippen LogP contribution in [0.1, 0.15) is 29.8 Å². The fraction of sp³-hybridized carbons (Fsp3) is 0.333. The van der Waals surface area contributed by atoms with Gasteiger partial charge in [-0.15, -0.1) is 12.4 Å². The highest BCUT2D eigenvalue weighted by Gasteiger charge is 2.13. The molecular formula is C15H21ClN4O. The van der Waals surface area contributed by atoms with Crippen LogP contribution in [0.2, 0.25) is 0 Å². The molecule has 6 heteroatoms. The van der Waals surface area contributed by atoms with Crippen LogP contribution < -0.4 is 11.1 Å². The average molecular weight is 309 g/mol. The molecule has 2 aromatic rings. The number of nitrogens with zero attached hydrogens (tertiary/aromatic N) is 2. The summed E-state index contributed by atoms with van der Waals surface area (Å²) in [5.41, 5.74) is 8.06. The first-order valence-corrected chi connectivity index (χ1v) is 6.54. The maximum atomic E-state index is 12.0. The van der Waals surface area contributed by atoms with Crippen LogP contribution in [0.5, 0.6) is 0 Å². The Bertz CT molecular complexity index is 599. The van der Waals surface area contributed by atoms with Gasteiger partial charge in [0.25, 0.3) is 5.91 Å². The van der Waals surface area contributed by atoms with E-state index in [1.54, 1.807) is 23.0 Å². The van der Waals surface area contributed by atoms with E-state index >= 15 is 0 Å². The van der Waals surface area contributed by atoms with Gasteiger partial charge in [0.1, 0.15) is 0 Å². The molecule has 1 heterocycles. The molecule has 0 bridgehead atoms. The minimum atomic E-state index is -0.414. The highest BCUT2D eigenvalue weighted by Crippen LogP contribution is 2.10. The molecule has 5 nitrogen and oxygen atoms in total. The molecule has 1 amide bonds. The molecule has 1 aromatic carbocycles. The third-order valence-corrected chi connectivity index (χ3v) is 2.81. The van der Waals surface area contributed by atoms with Crippen molar-refractivity contribution < 1.29 is 4.79 Å². The van der Waals surface area contributed by atoms with E-state index in [0.717, 1.165) is 11.3 Å². The van der Waals surface area contributed by atoms with Gasteiger partial charge in [-0.2, -0.15) is 5.10 Å². The molecule has 0 atom stereocenters. The molecule has 0 saturated carbocycles. The molecule has 0 unspecified atom stereocenters. The zero-order chi connectivity index (χ0) is 14.8. The number of carbonyl (C=O) groups excluding carboxylic acids is 1. The lowest BCUT2D eigenvalue weighted by Crippen LogP contribution is -2.45. The Morgan fingerprint density at radius 3 is 2.43 bits per heavy atom. The third kappa shape index (κ3) is 4.88. The van der Waals surface area contributed by atoms with Crippen LogP contribution >= 0.6 is 12.4 Å². The van der Waals surface area contributed by atoms with Gasteiger partial charge >= 0.3 is 0 Å². The van der Waals surface area contributed by atoms with E-state index in [4.69, 9.17) is 5.73 Å². The largest absolute Gasteiger partial charge is 0.350 e. The van der Waals surface area contributed by atoms with Crippen LogP contribution in [0.4, 0.5) is 0 Å². The van der Waals surface area contributed by atoms with Crippen LogP contribution in [0.3, 0.4) is 0 Å². The number of aryl methyl sites for hydroxylation is 1. The fourth-order valence-corrected chi connectivity index (χ4v) is 1.73. The third-order valence-electron chi connectivity index (χ3n) is 2.81. The number of nitrogens with two attached hydrogens (primary N) is 1. The molecule has 21 heavy (non-hydrogen) atoms. The van der Waals surface area contributed by atoms with Crippen molar-refractivity contribution in [1.29, 1.82) is 0 Å². The molecule has 0 spiro atoms. The van der Waals surface area contributed by atoms with Crippen molar-refractivity contribution in [2.45, 2.75) is 26.3 Å². The van der Waals surface area contributed by atoms with E-state index in [1.165, 1.54) is 0 Å². The van der Waals surface area contributed by atoms with Crippen LogP contribution in [0, 0.1) is 6.92 Å². The highest BCUT2D eigenvalue weighted by atomic mass is 35.5. The molecule has 0 fully saturated rings. The van der Waals surface area contributed by atoms with Gasteiger partial charge in [-0.05, 0) is 50.6 Å². The Labute approximate surface area is 130 Å². The van der Waals surface area contributed by atoms with E-state index in [1.807, 2.05) is 39.1 Å². The molecule has 2 rings (SSSR count). The maximum absolute atomic E-state index is 12.0. The van der Waals surface area contributed by atoms with Crippen molar-refractivity contribution in [3.05, 3.63) is 47.8 Å². The molecule has 0 aliphatic rings. The number of carbonyl (C=O) groups is 1. The Balaban J connectivity index is 0.00000220. The Morgan fingerprint density at radius 1 is 1.33 bits per heavy atom. The quantitative estimate of drug-likeness (QED) is 0.908. The second-order valence-corrected chi connectivity index (χ2v) is 5.68. The van der Waals surface area contributed by atoms with E-state index < -0.39 is 5.54 Å². The number of rotatable bonds is 4. The number of benzene rings is 1. The molecule has 0 aliphatic carbocycles. The first kappa shape index (κ1) is 17.2. The molecule has 1 aromatic heterocycles. The first-order chi connectivity index (χ1) is 9.35. The summed E-state index contributed by atoms with van der Waals surface area (Å²) in [6.45, 7) is 6.17. The minimum Gasteiger partial charge on any atom is -0.350 e. The summed E-state index contributed by atoms with van der Waals surface area (Å²) in [7, 11) is 0. The molecule has 0 saturated heterocycles. The van der Waals surface area contributed by atoms with Crippen LogP contribution in [0.15, 0.2) is 36.7 Å². The zero-order valence-electron chi connectivity index (χ0n) is 12.5. The average Bonchev–Trinajstić information content (AvgIpc) is 2.82. The highest BCUT2D eigenvalue weighted by molar-refractivity contribution is 5.94. The van der Waals surface area contributed by atoms with E-state index in [-0.39, 0.29) is 18.3 Å². The summed E-state index contributed by atoms with van der Waals surface area (Å²) in [6.07, 6.45) is 3.73. The number of nitrogens with one attached hydrogen (secondary N) is 1. The van der Waals surface area contributed by atoms with Crippen LogP contribution in [-0.2, 0) is 0 Å². The SMILES string of the molecule is Cc1cnn(-c2ccc(C(=O)NCC(C)(C)N)cc2)c1.Cl. The van der Waals surface area contributed by atoms with E-state index in [9.17, 15) is 4.79 Å². The second kappa shape index (κ2) is 6.74. The minimum absolute atomic E-state index is 0. The molecule has 0 radical (unpaired) electrons. The number of halogens is 1. The summed E-state index contributed by atoms with van der Waals surface area (Å²) in [5.74, 6) is -0.119. The van der Waals surface area contributed by atoms with Gasteiger partial charge in [0.05, 0.1) is 11.9 Å². The lowest BCUT2D eigenvalue weighted by atomic mass is 10.1. The van der Waals surface area contributed by atoms with Crippen molar-refractivity contribution in [2.24, 2.45) is 5.73 Å². The predicted molar refractivity (Wildman–Crippen MR) is 86.1 cm³/mol. The van der Waals surface area contributed by atoms with Crippen molar-refractivity contribution in [2.75, 3.05) is 6.54 Å². The zero-order valence-corrected chi connectivity index (χ0v) is 13.3. The number of amides is 1. The summed E-state index contributed by atoms with van der Waals surface area (Å²) >= 11 is 0. The van der Waals surface area contributed by atoms with E-state index in [2.05, 4.69) is 10.4 Å². The Morgan fingerprint density at radius 2 is 1.95 bits per heavy atom. The van der Waals surface area contributed by atoms with Crippen molar-refractivity contribution in [3.8, 4) is 5.69 Å². The number of aromatic nitrogens is 2. The standard InChI is InChI=1S/C15H20N4O.ClH/c1-11-8-18-19(9-11)13-6-4-12(5-7-13)14(20)17-10-15(2,3)16;/h4-9H,10,16H2,1-3H3,(H,17,20);1H. The summed E-state index contributed by atoms with van der Waals surface area (Å²) in [5, 5.41) is 7.04. The Kier molecular flexibility index (Phi) is 5.52. The smallest absolute Gasteiger partial charge is 0.251 e. The molecule has 3 N–H and O–H groups in total. The summed E-state index contributed by atoms with van der Waals surface area (Å²) in [4.78, 5) is 12.0. The van der Waals surface area contributed by atoms with Gasteiger partial charge < -0.3 is 11.1 Å². The van der Waals surface area contributed by atoms with Crippen LogP contribution in [-0.4, -0.2) is 27.8 Å². The first-order valence-electron chi connectivity index (χ1n) is 6.54. The lowest BCUT2D eigenvalue weighted by molar-refractivity contribution is 0.0946. The van der Waals surface area contributed by atoms with Crippen molar-refractivity contribution in [1.82, 2.24) is 15.1 Å². The molecular weight excluding hydrogens is 288 g/mol. The maximum Gasteiger partial charge on any atom is 0.251 e. The number of hydrogen-bond acceptors (Lipinski definition) is 3. The summed E-state index contributed by atoms with van der Waals surface area (Å²) < 4.78 is 1.78. The van der Waals surface area contributed by atoms with Crippen molar-refractivity contribution in [3.63, 3.8) is 0 Å². The fourth-order valence-electron chi connectivity index (χ4n) is 1.73. The van der Waals surface area contributed by atoms with Crippen LogP contribution in [0.25, 0.3) is 5.69 Å². The monoisotopic (exact) mass is 308 g/mol. The van der Waals surface area contributed by atoms with Gasteiger partial charge in [-0.1, -0.05) is 0 Å². The van der Waals surface area contributed by atoms with Crippen molar-refractivity contribution >= 4 is 18.3 Å². The van der Waals surface area contributed by atoms with Gasteiger partial charge in [-0.3, -0.25) is 4.79 Å². The second-order valence-electron chi connectivity index (χ2n) is 5.68. The normalized spacial score (nSPS) is 10.9. The summed E-state index contributed by atoms with van der Waals surface area (Å²) in [6, 6.07) is 7.31.